The lowest BCUT2D eigenvalue weighted by Gasteiger charge is -2.30. The number of benzene rings is 1. The molecule has 2 aromatic rings. The SMILES string of the molecule is CCNN1C(c2ccccn2)=NS(=O)(=O)c2c(F)cc(F)cc21. The number of sulfonamides is 1. The number of nitrogens with one attached hydrogen (secondary N) is 1. The van der Waals surface area contributed by atoms with E-state index in [-0.39, 0.29) is 17.2 Å². The van der Waals surface area contributed by atoms with Crippen LogP contribution in [0.25, 0.3) is 0 Å². The maximum atomic E-state index is 14.0. The molecule has 0 unspecified atom stereocenters. The van der Waals surface area contributed by atoms with E-state index in [1.807, 2.05) is 0 Å². The minimum absolute atomic E-state index is 0.0510. The van der Waals surface area contributed by atoms with Crippen LogP contribution in [0.5, 0.6) is 0 Å². The molecule has 120 valence electrons. The number of amidine groups is 1. The quantitative estimate of drug-likeness (QED) is 0.924. The number of hydrazine groups is 1. The van der Waals surface area contributed by atoms with Crippen molar-refractivity contribution in [2.75, 3.05) is 11.6 Å². The Bertz CT molecular complexity index is 885. The summed E-state index contributed by atoms with van der Waals surface area (Å²) in [6.07, 6.45) is 1.47. The molecule has 1 aromatic heterocycles. The smallest absolute Gasteiger partial charge is 0.256 e. The van der Waals surface area contributed by atoms with Crippen molar-refractivity contribution >= 4 is 21.5 Å². The van der Waals surface area contributed by atoms with Crippen LogP contribution in [0, 0.1) is 11.6 Å². The van der Waals surface area contributed by atoms with Gasteiger partial charge in [0, 0.05) is 24.9 Å². The van der Waals surface area contributed by atoms with Gasteiger partial charge in [-0.2, -0.15) is 8.42 Å². The summed E-state index contributed by atoms with van der Waals surface area (Å²) in [5, 5.41) is 1.23. The van der Waals surface area contributed by atoms with Gasteiger partial charge in [-0.1, -0.05) is 13.0 Å². The number of rotatable bonds is 3. The van der Waals surface area contributed by atoms with Gasteiger partial charge >= 0.3 is 0 Å². The minimum Gasteiger partial charge on any atom is -0.256 e. The standard InChI is InChI=1S/C14H12F2N4O2S/c1-2-18-20-12-8-9(15)7-10(16)13(12)23(21,22)19-14(20)11-5-3-4-6-17-11/h3-8,18H,2H2,1H3. The molecule has 0 radical (unpaired) electrons. The number of halogens is 2. The maximum absolute atomic E-state index is 14.0. The molecule has 0 saturated carbocycles. The predicted octanol–water partition coefficient (Wildman–Crippen LogP) is 1.84. The topological polar surface area (TPSA) is 74.7 Å². The second-order valence-corrected chi connectivity index (χ2v) is 6.23. The third kappa shape index (κ3) is 2.68. The van der Waals surface area contributed by atoms with E-state index in [4.69, 9.17) is 0 Å². The summed E-state index contributed by atoms with van der Waals surface area (Å²) in [7, 11) is -4.31. The third-order valence-electron chi connectivity index (χ3n) is 3.12. The zero-order chi connectivity index (χ0) is 16.6. The number of pyridine rings is 1. The molecule has 0 bridgehead atoms. The summed E-state index contributed by atoms with van der Waals surface area (Å²) < 4.78 is 55.9. The molecule has 1 aromatic carbocycles. The molecular weight excluding hydrogens is 326 g/mol. The van der Waals surface area contributed by atoms with Crippen LogP contribution in [0.3, 0.4) is 0 Å². The van der Waals surface area contributed by atoms with E-state index < -0.39 is 26.6 Å². The van der Waals surface area contributed by atoms with Crippen molar-refractivity contribution in [3.8, 4) is 0 Å². The fourth-order valence-electron chi connectivity index (χ4n) is 2.26. The van der Waals surface area contributed by atoms with Gasteiger partial charge < -0.3 is 0 Å². The molecule has 3 rings (SSSR count). The average molecular weight is 338 g/mol. The number of hydrogen-bond acceptors (Lipinski definition) is 5. The zero-order valence-corrected chi connectivity index (χ0v) is 12.8. The van der Waals surface area contributed by atoms with Crippen LogP contribution in [0.1, 0.15) is 12.6 Å². The van der Waals surface area contributed by atoms with E-state index in [9.17, 15) is 17.2 Å². The van der Waals surface area contributed by atoms with Crippen LogP contribution in [0.4, 0.5) is 14.5 Å². The first kappa shape index (κ1) is 15.5. The van der Waals surface area contributed by atoms with Crippen LogP contribution in [-0.2, 0) is 10.0 Å². The highest BCUT2D eigenvalue weighted by Gasteiger charge is 2.35. The number of aromatic nitrogens is 1. The van der Waals surface area contributed by atoms with Crippen LogP contribution in [0.2, 0.25) is 0 Å². The summed E-state index contributed by atoms with van der Waals surface area (Å²) in [5.41, 5.74) is 2.94. The molecule has 1 aliphatic heterocycles. The molecule has 0 fully saturated rings. The van der Waals surface area contributed by atoms with Gasteiger partial charge in [0.05, 0.1) is 5.69 Å². The first-order valence-electron chi connectivity index (χ1n) is 6.73. The van der Waals surface area contributed by atoms with E-state index in [0.717, 1.165) is 6.07 Å². The van der Waals surface area contributed by atoms with Crippen molar-refractivity contribution < 1.29 is 17.2 Å². The Labute approximate surface area is 131 Å². The lowest BCUT2D eigenvalue weighted by atomic mass is 10.2. The van der Waals surface area contributed by atoms with E-state index in [0.29, 0.717) is 12.6 Å². The molecular formula is C14H12F2N4O2S. The van der Waals surface area contributed by atoms with Crippen molar-refractivity contribution in [2.24, 2.45) is 4.40 Å². The van der Waals surface area contributed by atoms with Gasteiger partial charge in [0.2, 0.25) is 0 Å². The lowest BCUT2D eigenvalue weighted by molar-refractivity contribution is 0.545. The third-order valence-corrected chi connectivity index (χ3v) is 4.45. The first-order chi connectivity index (χ1) is 10.9. The van der Waals surface area contributed by atoms with Gasteiger partial charge in [0.1, 0.15) is 17.3 Å². The van der Waals surface area contributed by atoms with Gasteiger partial charge in [0.25, 0.3) is 10.0 Å². The Kier molecular flexibility index (Phi) is 3.82. The number of fused-ring (bicyclic) bond motifs is 1. The molecule has 0 spiro atoms. The van der Waals surface area contributed by atoms with Crippen molar-refractivity contribution in [2.45, 2.75) is 11.8 Å². The predicted molar refractivity (Wildman–Crippen MR) is 80.5 cm³/mol. The van der Waals surface area contributed by atoms with Gasteiger partial charge in [-0.15, -0.1) is 4.40 Å². The molecule has 9 heteroatoms. The zero-order valence-electron chi connectivity index (χ0n) is 12.0. The highest BCUT2D eigenvalue weighted by Crippen LogP contribution is 2.34. The lowest BCUT2D eigenvalue weighted by Crippen LogP contribution is -2.47. The highest BCUT2D eigenvalue weighted by atomic mass is 32.2. The average Bonchev–Trinajstić information content (AvgIpc) is 2.49. The molecule has 1 aliphatic rings. The Balaban J connectivity index is 2.29. The minimum atomic E-state index is -4.31. The van der Waals surface area contributed by atoms with Gasteiger partial charge in [-0.3, -0.25) is 9.99 Å². The molecule has 23 heavy (non-hydrogen) atoms. The summed E-state index contributed by atoms with van der Waals surface area (Å²) in [4.78, 5) is 3.39. The van der Waals surface area contributed by atoms with E-state index >= 15 is 0 Å². The normalized spacial score (nSPS) is 16.0. The van der Waals surface area contributed by atoms with Gasteiger partial charge in [-0.25, -0.2) is 14.2 Å². The van der Waals surface area contributed by atoms with Crippen molar-refractivity contribution in [1.82, 2.24) is 10.4 Å². The summed E-state index contributed by atoms with van der Waals surface area (Å²) in [5.74, 6) is -2.13. The highest BCUT2D eigenvalue weighted by molar-refractivity contribution is 7.90. The van der Waals surface area contributed by atoms with Crippen LogP contribution in [-0.4, -0.2) is 25.8 Å². The molecule has 0 aliphatic carbocycles. The molecule has 0 atom stereocenters. The fraction of sp³-hybridized carbons (Fsp3) is 0.143. The largest absolute Gasteiger partial charge is 0.289 e. The monoisotopic (exact) mass is 338 g/mol. The maximum Gasteiger partial charge on any atom is 0.289 e. The second-order valence-electron chi connectivity index (χ2n) is 4.69. The van der Waals surface area contributed by atoms with E-state index in [1.165, 1.54) is 11.2 Å². The fourth-order valence-corrected chi connectivity index (χ4v) is 3.47. The van der Waals surface area contributed by atoms with Crippen LogP contribution >= 0.6 is 0 Å². The van der Waals surface area contributed by atoms with Gasteiger partial charge in [0.15, 0.2) is 10.7 Å². The van der Waals surface area contributed by atoms with Crippen LogP contribution < -0.4 is 10.4 Å². The molecule has 0 saturated heterocycles. The number of anilines is 1. The molecule has 1 N–H and O–H groups in total. The molecule has 2 heterocycles. The Morgan fingerprint density at radius 1 is 1.26 bits per heavy atom. The Morgan fingerprint density at radius 3 is 2.70 bits per heavy atom. The number of hydrogen-bond donors (Lipinski definition) is 1. The molecule has 6 nitrogen and oxygen atoms in total. The van der Waals surface area contributed by atoms with Crippen molar-refractivity contribution in [3.63, 3.8) is 0 Å². The van der Waals surface area contributed by atoms with E-state index in [1.54, 1.807) is 25.1 Å². The number of nitrogens with zero attached hydrogens (tertiary/aromatic N) is 3. The summed E-state index contributed by atoms with van der Waals surface area (Å²) >= 11 is 0. The summed E-state index contributed by atoms with van der Waals surface area (Å²) in [6, 6.07) is 6.33. The molecule has 0 amide bonds. The van der Waals surface area contributed by atoms with Crippen molar-refractivity contribution in [1.29, 1.82) is 0 Å². The van der Waals surface area contributed by atoms with E-state index in [2.05, 4.69) is 14.8 Å². The van der Waals surface area contributed by atoms with Gasteiger partial charge in [-0.05, 0) is 12.1 Å². The second kappa shape index (κ2) is 5.67. The van der Waals surface area contributed by atoms with Crippen LogP contribution in [0.15, 0.2) is 45.8 Å². The summed E-state index contributed by atoms with van der Waals surface area (Å²) in [6.45, 7) is 2.14. The van der Waals surface area contributed by atoms with Crippen molar-refractivity contribution in [3.05, 3.63) is 53.9 Å². The first-order valence-corrected chi connectivity index (χ1v) is 8.17. The Morgan fingerprint density at radius 2 is 2.04 bits per heavy atom. The Hall–Kier alpha value is -2.39.